The molecule has 0 heterocycles. The first-order valence-corrected chi connectivity index (χ1v) is 24.0. The molecular weight excluding hydrogens is 873 g/mol. The number of hydrogen-bond acceptors (Lipinski definition) is 4. The van der Waals surface area contributed by atoms with Crippen LogP contribution in [0.3, 0.4) is 0 Å². The van der Waals surface area contributed by atoms with Crippen LogP contribution in [-0.4, -0.2) is 0 Å². The molecule has 0 unspecified atom stereocenters. The molecule has 0 amide bonds. The van der Waals surface area contributed by atoms with Crippen molar-refractivity contribution in [2.45, 2.75) is 0 Å². The average molecular weight is 919 g/mol. The summed E-state index contributed by atoms with van der Waals surface area (Å²) in [6.07, 6.45) is 0. The van der Waals surface area contributed by atoms with Crippen LogP contribution in [-0.2, 0) is 0 Å². The zero-order chi connectivity index (χ0) is 48.6. The van der Waals surface area contributed by atoms with Crippen LogP contribution in [0, 0.1) is 22.7 Å². The molecule has 72 heavy (non-hydrogen) atoms. The third-order valence-electron chi connectivity index (χ3n) is 13.2. The SMILES string of the molecule is N#Cc1ccc(-c2ccc(N(c3ccc(-c4ccc(C#N)cc4)c(-c4ccccc4)c3)c3ccc(-c4ccc(N(c5ccccc5)c5ccccc5)cc4)c(-c4ccccc4)c3)cc2-c2ccccc2)cc1. The van der Waals surface area contributed by atoms with E-state index in [1.54, 1.807) is 0 Å². The molecule has 0 spiro atoms. The van der Waals surface area contributed by atoms with Crippen LogP contribution in [0.5, 0.6) is 0 Å². The second-order valence-electron chi connectivity index (χ2n) is 17.6. The maximum atomic E-state index is 9.66. The molecule has 0 atom stereocenters. The zero-order valence-corrected chi connectivity index (χ0v) is 39.3. The van der Waals surface area contributed by atoms with Crippen LogP contribution in [0.4, 0.5) is 34.1 Å². The van der Waals surface area contributed by atoms with E-state index in [1.807, 2.05) is 60.7 Å². The number of nitrogens with zero attached hydrogens (tertiary/aromatic N) is 4. The van der Waals surface area contributed by atoms with Gasteiger partial charge < -0.3 is 9.80 Å². The highest BCUT2D eigenvalue weighted by molar-refractivity contribution is 5.94. The Balaban J connectivity index is 1.11. The summed E-state index contributed by atoms with van der Waals surface area (Å²) < 4.78 is 0. The van der Waals surface area contributed by atoms with Crippen molar-refractivity contribution in [3.8, 4) is 78.9 Å². The number of nitriles is 2. The van der Waals surface area contributed by atoms with Gasteiger partial charge in [0.2, 0.25) is 0 Å². The van der Waals surface area contributed by atoms with Gasteiger partial charge in [-0.05, 0) is 164 Å². The van der Waals surface area contributed by atoms with Crippen molar-refractivity contribution < 1.29 is 0 Å². The summed E-state index contributed by atoms with van der Waals surface area (Å²) in [6.45, 7) is 0. The van der Waals surface area contributed by atoms with Crippen molar-refractivity contribution in [1.29, 1.82) is 10.5 Å². The van der Waals surface area contributed by atoms with Crippen molar-refractivity contribution in [3.63, 3.8) is 0 Å². The second-order valence-corrected chi connectivity index (χ2v) is 17.6. The fraction of sp³-hybridized carbons (Fsp3) is 0. The highest BCUT2D eigenvalue weighted by atomic mass is 15.1. The van der Waals surface area contributed by atoms with Crippen LogP contribution in [0.1, 0.15) is 11.1 Å². The molecule has 0 radical (unpaired) electrons. The first-order chi connectivity index (χ1) is 35.6. The molecule has 0 fully saturated rings. The van der Waals surface area contributed by atoms with Gasteiger partial charge in [0.05, 0.1) is 23.3 Å². The first kappa shape index (κ1) is 44.5. The lowest BCUT2D eigenvalue weighted by Gasteiger charge is -2.29. The quantitative estimate of drug-likeness (QED) is 0.123. The number of para-hydroxylation sites is 2. The van der Waals surface area contributed by atoms with Gasteiger partial charge in [-0.25, -0.2) is 0 Å². The molecule has 0 N–H and O–H groups in total. The van der Waals surface area contributed by atoms with Gasteiger partial charge in [0.15, 0.2) is 0 Å². The smallest absolute Gasteiger partial charge is 0.0991 e. The van der Waals surface area contributed by atoms with E-state index in [0.717, 1.165) is 101 Å². The minimum atomic E-state index is 0.622. The van der Waals surface area contributed by atoms with Gasteiger partial charge in [-0.1, -0.05) is 182 Å². The van der Waals surface area contributed by atoms with E-state index < -0.39 is 0 Å². The van der Waals surface area contributed by atoms with Crippen molar-refractivity contribution in [1.82, 2.24) is 0 Å². The van der Waals surface area contributed by atoms with Gasteiger partial charge in [0.1, 0.15) is 0 Å². The molecule has 11 aromatic rings. The van der Waals surface area contributed by atoms with E-state index in [-0.39, 0.29) is 0 Å². The minimum absolute atomic E-state index is 0.622. The number of hydrogen-bond donors (Lipinski definition) is 0. The molecule has 11 aromatic carbocycles. The summed E-state index contributed by atoms with van der Waals surface area (Å²) >= 11 is 0. The first-order valence-electron chi connectivity index (χ1n) is 24.0. The largest absolute Gasteiger partial charge is 0.311 e. The molecule has 4 heteroatoms. The summed E-state index contributed by atoms with van der Waals surface area (Å²) in [6, 6.07) is 102. The molecule has 0 bridgehead atoms. The number of benzene rings is 11. The standard InChI is InChI=1S/C68H46N4/c69-47-49-26-30-54(31-27-49)63-41-38-60(44-66(63)51-16-6-1-7-17-51)72(61-39-42-64(55-32-28-50(48-70)29-33-55)67(45-61)52-18-8-2-9-19-52)62-40-43-65(68(46-62)53-20-10-3-11-21-53)56-34-36-59(37-35-56)71(57-22-12-4-13-23-57)58-24-14-5-15-25-58/h1-46H. The predicted octanol–water partition coefficient (Wildman–Crippen LogP) is 18.4. The lowest BCUT2D eigenvalue weighted by Crippen LogP contribution is -2.11. The Bertz CT molecular complexity index is 3530. The topological polar surface area (TPSA) is 54.1 Å². The Morgan fingerprint density at radius 1 is 0.208 bits per heavy atom. The van der Waals surface area contributed by atoms with Crippen LogP contribution in [0.15, 0.2) is 279 Å². The van der Waals surface area contributed by atoms with E-state index in [2.05, 4.69) is 240 Å². The van der Waals surface area contributed by atoms with Crippen molar-refractivity contribution >= 4 is 34.1 Å². The Morgan fingerprint density at radius 2 is 0.444 bits per heavy atom. The van der Waals surface area contributed by atoms with Gasteiger partial charge in [-0.15, -0.1) is 0 Å². The van der Waals surface area contributed by atoms with Crippen molar-refractivity contribution in [3.05, 3.63) is 290 Å². The van der Waals surface area contributed by atoms with Crippen LogP contribution >= 0.6 is 0 Å². The Kier molecular flexibility index (Phi) is 12.5. The molecular formula is C68H46N4. The summed E-state index contributed by atoms with van der Waals surface area (Å²) in [5.74, 6) is 0. The predicted molar refractivity (Wildman–Crippen MR) is 298 cm³/mol. The number of anilines is 6. The van der Waals surface area contributed by atoms with Crippen molar-refractivity contribution in [2.75, 3.05) is 9.80 Å². The lowest BCUT2D eigenvalue weighted by molar-refractivity contribution is 1.28. The Hall–Kier alpha value is -10.0. The van der Waals surface area contributed by atoms with E-state index in [0.29, 0.717) is 11.1 Å². The molecule has 0 aliphatic heterocycles. The van der Waals surface area contributed by atoms with Crippen LogP contribution < -0.4 is 9.80 Å². The van der Waals surface area contributed by atoms with Gasteiger partial charge >= 0.3 is 0 Å². The van der Waals surface area contributed by atoms with Gasteiger partial charge in [-0.3, -0.25) is 0 Å². The normalized spacial score (nSPS) is 10.8. The summed E-state index contributed by atoms with van der Waals surface area (Å²) in [7, 11) is 0. The molecule has 0 saturated heterocycles. The Labute approximate surface area is 421 Å². The lowest BCUT2D eigenvalue weighted by atomic mass is 9.91. The highest BCUT2D eigenvalue weighted by Crippen LogP contribution is 2.46. The molecule has 11 rings (SSSR count). The molecule has 0 aliphatic carbocycles. The van der Waals surface area contributed by atoms with E-state index >= 15 is 0 Å². The Morgan fingerprint density at radius 3 is 0.750 bits per heavy atom. The molecule has 0 aromatic heterocycles. The maximum Gasteiger partial charge on any atom is 0.0991 e. The van der Waals surface area contributed by atoms with Gasteiger partial charge in [0.25, 0.3) is 0 Å². The van der Waals surface area contributed by atoms with Crippen molar-refractivity contribution in [2.24, 2.45) is 0 Å². The summed E-state index contributed by atoms with van der Waals surface area (Å²) in [4.78, 5) is 4.65. The monoisotopic (exact) mass is 918 g/mol. The third-order valence-corrected chi connectivity index (χ3v) is 13.2. The molecule has 0 saturated carbocycles. The molecule has 0 aliphatic rings. The third kappa shape index (κ3) is 9.16. The van der Waals surface area contributed by atoms with Crippen LogP contribution in [0.25, 0.3) is 66.8 Å². The minimum Gasteiger partial charge on any atom is -0.311 e. The number of rotatable bonds is 12. The van der Waals surface area contributed by atoms with Gasteiger partial charge in [-0.2, -0.15) is 10.5 Å². The van der Waals surface area contributed by atoms with E-state index in [9.17, 15) is 10.5 Å². The molecule has 338 valence electrons. The summed E-state index contributed by atoms with van der Waals surface area (Å²) in [5.41, 5.74) is 20.4. The van der Waals surface area contributed by atoms with Crippen LogP contribution in [0.2, 0.25) is 0 Å². The highest BCUT2D eigenvalue weighted by Gasteiger charge is 2.22. The molecule has 4 nitrogen and oxygen atoms in total. The second kappa shape index (κ2) is 20.3. The zero-order valence-electron chi connectivity index (χ0n) is 39.3. The fourth-order valence-corrected chi connectivity index (χ4v) is 9.63. The van der Waals surface area contributed by atoms with E-state index in [4.69, 9.17) is 0 Å². The van der Waals surface area contributed by atoms with Gasteiger partial charge in [0, 0.05) is 34.1 Å². The maximum absolute atomic E-state index is 9.66. The summed E-state index contributed by atoms with van der Waals surface area (Å²) in [5, 5.41) is 19.3. The van der Waals surface area contributed by atoms with E-state index in [1.165, 1.54) is 0 Å². The average Bonchev–Trinajstić information content (AvgIpc) is 3.47. The fourth-order valence-electron chi connectivity index (χ4n) is 9.63.